The molecule has 0 radical (unpaired) electrons. The van der Waals surface area contributed by atoms with E-state index in [0.717, 1.165) is 43.0 Å². The fourth-order valence-electron chi connectivity index (χ4n) is 2.96. The van der Waals surface area contributed by atoms with Crippen molar-refractivity contribution in [3.63, 3.8) is 0 Å². The normalized spacial score (nSPS) is 28.9. The highest BCUT2D eigenvalue weighted by Gasteiger charge is 2.27. The van der Waals surface area contributed by atoms with Gasteiger partial charge < -0.3 is 10.2 Å². The van der Waals surface area contributed by atoms with Crippen LogP contribution in [0.15, 0.2) is 18.5 Å². The van der Waals surface area contributed by atoms with Gasteiger partial charge in [-0.2, -0.15) is 0 Å². The van der Waals surface area contributed by atoms with Gasteiger partial charge in [-0.3, -0.25) is 4.98 Å². The van der Waals surface area contributed by atoms with E-state index in [4.69, 9.17) is 11.6 Å². The monoisotopic (exact) mass is 251 g/mol. The molecule has 0 saturated carbocycles. The number of nitrogens with one attached hydrogen (secondary N) is 1. The second-order valence-electron chi connectivity index (χ2n) is 5.23. The summed E-state index contributed by atoms with van der Waals surface area (Å²) < 4.78 is 0. The number of anilines is 1. The molecule has 2 unspecified atom stereocenters. The molecule has 2 bridgehead atoms. The van der Waals surface area contributed by atoms with E-state index < -0.39 is 0 Å². The first-order chi connectivity index (χ1) is 8.31. The predicted molar refractivity (Wildman–Crippen MR) is 70.5 cm³/mol. The summed E-state index contributed by atoms with van der Waals surface area (Å²) in [4.78, 5) is 6.66. The summed E-state index contributed by atoms with van der Waals surface area (Å²) >= 11 is 6.02. The molecule has 0 aromatic carbocycles. The van der Waals surface area contributed by atoms with Crippen LogP contribution in [0, 0.1) is 11.8 Å². The summed E-state index contributed by atoms with van der Waals surface area (Å²) in [5.74, 6) is 1.53. The number of fused-ring (bicyclic) bond motifs is 3. The van der Waals surface area contributed by atoms with E-state index >= 15 is 0 Å². The van der Waals surface area contributed by atoms with Crippen LogP contribution >= 0.6 is 11.6 Å². The molecular formula is C13H18ClN3. The highest BCUT2D eigenvalue weighted by Crippen LogP contribution is 2.27. The summed E-state index contributed by atoms with van der Waals surface area (Å²) in [6.07, 6.45) is 6.33. The average molecular weight is 252 g/mol. The van der Waals surface area contributed by atoms with Crippen LogP contribution < -0.4 is 10.2 Å². The molecular weight excluding hydrogens is 234 g/mol. The fourth-order valence-corrected chi connectivity index (χ4v) is 3.13. The Hall–Kier alpha value is -0.800. The Morgan fingerprint density at radius 1 is 1.18 bits per heavy atom. The van der Waals surface area contributed by atoms with Gasteiger partial charge in [-0.1, -0.05) is 11.6 Å². The standard InChI is InChI=1S/C13H18ClN3/c14-12-3-13(7-16-6-12)17-8-10-1-2-11(9-17)5-15-4-10/h3,6-7,10-11,15H,1-2,4-5,8-9H2. The summed E-state index contributed by atoms with van der Waals surface area (Å²) in [7, 11) is 0. The maximum absolute atomic E-state index is 6.02. The lowest BCUT2D eigenvalue weighted by Gasteiger charge is -2.30. The zero-order valence-corrected chi connectivity index (χ0v) is 10.7. The molecule has 2 fully saturated rings. The highest BCUT2D eigenvalue weighted by atomic mass is 35.5. The van der Waals surface area contributed by atoms with Gasteiger partial charge in [-0.15, -0.1) is 0 Å². The van der Waals surface area contributed by atoms with E-state index in [0.29, 0.717) is 0 Å². The minimum absolute atomic E-state index is 0.732. The highest BCUT2D eigenvalue weighted by molar-refractivity contribution is 6.30. The number of pyridine rings is 1. The Bertz CT molecular complexity index is 382. The molecule has 2 aliphatic heterocycles. The molecule has 1 N–H and O–H groups in total. The molecule has 0 amide bonds. The smallest absolute Gasteiger partial charge is 0.0609 e. The maximum atomic E-state index is 6.02. The zero-order chi connectivity index (χ0) is 11.7. The first-order valence-corrected chi connectivity index (χ1v) is 6.75. The van der Waals surface area contributed by atoms with Gasteiger partial charge in [0.1, 0.15) is 0 Å². The van der Waals surface area contributed by atoms with Gasteiger partial charge in [0.25, 0.3) is 0 Å². The van der Waals surface area contributed by atoms with Gasteiger partial charge >= 0.3 is 0 Å². The van der Waals surface area contributed by atoms with Crippen molar-refractivity contribution in [1.29, 1.82) is 0 Å². The van der Waals surface area contributed by atoms with Crippen LogP contribution in [0.1, 0.15) is 12.8 Å². The number of hydrogen-bond donors (Lipinski definition) is 1. The lowest BCUT2D eigenvalue weighted by atomic mass is 10.0. The van der Waals surface area contributed by atoms with Crippen LogP contribution in [0.25, 0.3) is 0 Å². The Kier molecular flexibility index (Phi) is 3.21. The molecule has 2 saturated heterocycles. The summed E-state index contributed by atoms with van der Waals surface area (Å²) in [5.41, 5.74) is 1.18. The zero-order valence-electron chi connectivity index (χ0n) is 9.90. The average Bonchev–Trinajstić information content (AvgIpc) is 2.62. The first-order valence-electron chi connectivity index (χ1n) is 6.37. The van der Waals surface area contributed by atoms with Crippen LogP contribution in [0.2, 0.25) is 5.02 Å². The van der Waals surface area contributed by atoms with Crippen molar-refractivity contribution >= 4 is 17.3 Å². The molecule has 0 aliphatic carbocycles. The Labute approximate surface area is 107 Å². The Morgan fingerprint density at radius 3 is 2.53 bits per heavy atom. The third-order valence-corrected chi connectivity index (χ3v) is 4.07. The van der Waals surface area contributed by atoms with Crippen LogP contribution in [-0.2, 0) is 0 Å². The van der Waals surface area contributed by atoms with Crippen molar-refractivity contribution in [2.24, 2.45) is 11.8 Å². The largest absolute Gasteiger partial charge is 0.370 e. The van der Waals surface area contributed by atoms with Gasteiger partial charge in [0.05, 0.1) is 16.9 Å². The minimum atomic E-state index is 0.732. The number of nitrogens with zero attached hydrogens (tertiary/aromatic N) is 2. The lowest BCUT2D eigenvalue weighted by molar-refractivity contribution is 0.459. The van der Waals surface area contributed by atoms with Crippen molar-refractivity contribution in [2.45, 2.75) is 12.8 Å². The Morgan fingerprint density at radius 2 is 1.88 bits per heavy atom. The SMILES string of the molecule is Clc1cncc(N2CC3CCC(CNC3)C2)c1. The Balaban J connectivity index is 1.83. The second kappa shape index (κ2) is 4.83. The van der Waals surface area contributed by atoms with E-state index in [1.165, 1.54) is 18.5 Å². The van der Waals surface area contributed by atoms with Gasteiger partial charge in [-0.25, -0.2) is 0 Å². The first kappa shape index (κ1) is 11.3. The maximum Gasteiger partial charge on any atom is 0.0609 e. The molecule has 4 heteroatoms. The summed E-state index contributed by atoms with van der Waals surface area (Å²) in [5, 5.41) is 4.30. The third-order valence-electron chi connectivity index (χ3n) is 3.86. The number of hydrogen-bond acceptors (Lipinski definition) is 3. The summed E-state index contributed by atoms with van der Waals surface area (Å²) in [6, 6.07) is 2.03. The van der Waals surface area contributed by atoms with E-state index in [-0.39, 0.29) is 0 Å². The fraction of sp³-hybridized carbons (Fsp3) is 0.615. The van der Waals surface area contributed by atoms with Gasteiger partial charge in [0.2, 0.25) is 0 Å². The molecule has 2 aliphatic rings. The van der Waals surface area contributed by atoms with E-state index in [1.807, 2.05) is 12.3 Å². The summed E-state index contributed by atoms with van der Waals surface area (Å²) in [6.45, 7) is 4.57. The molecule has 1 aromatic heterocycles. The van der Waals surface area contributed by atoms with E-state index in [2.05, 4.69) is 15.2 Å². The van der Waals surface area contributed by atoms with Crippen LogP contribution in [0.5, 0.6) is 0 Å². The van der Waals surface area contributed by atoms with Gasteiger partial charge in [0.15, 0.2) is 0 Å². The van der Waals surface area contributed by atoms with Crippen LogP contribution in [-0.4, -0.2) is 31.2 Å². The van der Waals surface area contributed by atoms with Gasteiger partial charge in [0, 0.05) is 19.3 Å². The van der Waals surface area contributed by atoms with Crippen molar-refractivity contribution < 1.29 is 0 Å². The molecule has 92 valence electrons. The molecule has 3 rings (SSSR count). The second-order valence-corrected chi connectivity index (χ2v) is 5.67. The molecule has 3 nitrogen and oxygen atoms in total. The lowest BCUT2D eigenvalue weighted by Crippen LogP contribution is -2.40. The van der Waals surface area contributed by atoms with Crippen molar-refractivity contribution in [3.8, 4) is 0 Å². The number of rotatable bonds is 1. The van der Waals surface area contributed by atoms with Crippen molar-refractivity contribution in [3.05, 3.63) is 23.5 Å². The topological polar surface area (TPSA) is 28.2 Å². The van der Waals surface area contributed by atoms with E-state index in [9.17, 15) is 0 Å². The van der Waals surface area contributed by atoms with Gasteiger partial charge in [-0.05, 0) is 43.8 Å². The molecule has 17 heavy (non-hydrogen) atoms. The third kappa shape index (κ3) is 2.55. The molecule has 3 heterocycles. The molecule has 2 atom stereocenters. The van der Waals surface area contributed by atoms with Crippen molar-refractivity contribution in [2.75, 3.05) is 31.1 Å². The number of aromatic nitrogens is 1. The minimum Gasteiger partial charge on any atom is -0.370 e. The number of halogens is 1. The molecule has 0 spiro atoms. The van der Waals surface area contributed by atoms with Crippen LogP contribution in [0.4, 0.5) is 5.69 Å². The molecule has 1 aromatic rings. The quantitative estimate of drug-likeness (QED) is 0.829. The van der Waals surface area contributed by atoms with Crippen molar-refractivity contribution in [1.82, 2.24) is 10.3 Å². The van der Waals surface area contributed by atoms with Crippen LogP contribution in [0.3, 0.4) is 0 Å². The van der Waals surface area contributed by atoms with E-state index in [1.54, 1.807) is 6.20 Å². The predicted octanol–water partition coefficient (Wildman–Crippen LogP) is 2.17.